The Balaban J connectivity index is 1.27. The monoisotopic (exact) mass is 565 g/mol. The Morgan fingerprint density at radius 3 is 2.76 bits per heavy atom. The van der Waals surface area contributed by atoms with Crippen LogP contribution in [-0.4, -0.2) is 98.0 Å². The molecule has 1 saturated heterocycles. The molecule has 1 unspecified atom stereocenters. The fraction of sp³-hybridized carbons (Fsp3) is 0.462. The third-order valence-electron chi connectivity index (χ3n) is 8.42. The summed E-state index contributed by atoms with van der Waals surface area (Å²) in [5.74, 6) is -3.10. The molecular formula is C26H33N10O5+. The van der Waals surface area contributed by atoms with E-state index < -0.39 is 41.4 Å². The predicted octanol–water partition coefficient (Wildman–Crippen LogP) is -2.96. The Kier molecular flexibility index (Phi) is 6.04. The van der Waals surface area contributed by atoms with Crippen LogP contribution in [0.3, 0.4) is 0 Å². The molecule has 4 atom stereocenters. The standard InChI is InChI=1S/C26H32N10O5/c1-24(2)8-10-41-18-13(5-3-6-14(18)24)20(37)32-17-12-36-23(28)31-16(11-29-21(38)15-7-4-9-30-35-15)19-25(36,26(17,39)40)34-22(27)33-19/h3-7,9,16-17,19,39-40H,8,10-12H2,1-2H3,(H7,27,28,29,31,32,33,34,37,38)/p+1/t16-,17?,19-,25-/m0/s1. The molecule has 15 heteroatoms. The number of fused-ring (bicyclic) bond motifs is 1. The first-order valence-electron chi connectivity index (χ1n) is 13.3. The van der Waals surface area contributed by atoms with Gasteiger partial charge in [0, 0.05) is 11.8 Å². The highest BCUT2D eigenvalue weighted by molar-refractivity contribution is 5.98. The first-order chi connectivity index (χ1) is 19.5. The lowest BCUT2D eigenvalue weighted by atomic mass is 9.79. The quantitative estimate of drug-likeness (QED) is 0.135. The van der Waals surface area contributed by atoms with Crippen molar-refractivity contribution >= 4 is 23.7 Å². The van der Waals surface area contributed by atoms with E-state index >= 15 is 0 Å². The number of guanidine groups is 2. The Morgan fingerprint density at radius 2 is 2.00 bits per heavy atom. The van der Waals surface area contributed by atoms with Crippen LogP contribution < -0.4 is 37.5 Å². The summed E-state index contributed by atoms with van der Waals surface area (Å²) in [5, 5.41) is 42.4. The molecule has 15 nitrogen and oxygen atoms in total. The Bertz CT molecular complexity index is 1480. The van der Waals surface area contributed by atoms with Crippen LogP contribution in [0.4, 0.5) is 0 Å². The molecule has 6 rings (SSSR count). The van der Waals surface area contributed by atoms with Crippen LogP contribution in [-0.2, 0) is 5.41 Å². The maximum atomic E-state index is 13.6. The van der Waals surface area contributed by atoms with Gasteiger partial charge in [0.1, 0.15) is 23.9 Å². The van der Waals surface area contributed by atoms with Crippen molar-refractivity contribution in [2.24, 2.45) is 16.5 Å². The highest BCUT2D eigenvalue weighted by Gasteiger charge is 2.75. The third kappa shape index (κ3) is 4.02. The highest BCUT2D eigenvalue weighted by Crippen LogP contribution is 2.43. The molecule has 216 valence electrons. The van der Waals surface area contributed by atoms with Crippen molar-refractivity contribution in [3.63, 3.8) is 0 Å². The molecule has 2 amide bonds. The van der Waals surface area contributed by atoms with Gasteiger partial charge in [-0.05, 0) is 30.0 Å². The number of nitrogens with one attached hydrogen (secondary N) is 4. The van der Waals surface area contributed by atoms with Crippen molar-refractivity contribution < 1.29 is 29.1 Å². The van der Waals surface area contributed by atoms with Gasteiger partial charge in [-0.25, -0.2) is 9.57 Å². The summed E-state index contributed by atoms with van der Waals surface area (Å²) in [6.45, 7) is 4.55. The van der Waals surface area contributed by atoms with E-state index in [4.69, 9.17) is 16.2 Å². The fourth-order valence-corrected chi connectivity index (χ4v) is 6.22. The van der Waals surface area contributed by atoms with Crippen molar-refractivity contribution in [2.75, 3.05) is 19.7 Å². The molecular weight excluding hydrogens is 532 g/mol. The summed E-state index contributed by atoms with van der Waals surface area (Å²) in [6, 6.07) is 5.61. The minimum Gasteiger partial charge on any atom is -0.492 e. The van der Waals surface area contributed by atoms with E-state index in [1.54, 1.807) is 18.2 Å². The zero-order valence-electron chi connectivity index (χ0n) is 22.6. The lowest BCUT2D eigenvalue weighted by Gasteiger charge is -2.43. The predicted molar refractivity (Wildman–Crippen MR) is 145 cm³/mol. The van der Waals surface area contributed by atoms with Gasteiger partial charge in [-0.2, -0.15) is 5.10 Å². The molecule has 2 aromatic rings. The average Bonchev–Trinajstić information content (AvgIpc) is 3.41. The molecule has 1 aromatic carbocycles. The van der Waals surface area contributed by atoms with Crippen LogP contribution in [0.5, 0.6) is 5.75 Å². The molecule has 5 heterocycles. The molecule has 10 N–H and O–H groups in total. The summed E-state index contributed by atoms with van der Waals surface area (Å²) in [5.41, 5.74) is 11.8. The number of ether oxygens (including phenoxy) is 1. The molecule has 41 heavy (non-hydrogen) atoms. The number of carbonyl (C=O) groups is 2. The first kappa shape index (κ1) is 26.7. The smallest absolute Gasteiger partial charge is 0.346 e. The molecule has 0 aliphatic carbocycles. The van der Waals surface area contributed by atoms with Crippen LogP contribution >= 0.6 is 0 Å². The second kappa shape index (κ2) is 9.27. The van der Waals surface area contributed by atoms with Crippen molar-refractivity contribution in [3.05, 3.63) is 53.3 Å². The zero-order valence-corrected chi connectivity index (χ0v) is 22.6. The van der Waals surface area contributed by atoms with Gasteiger partial charge in [0.25, 0.3) is 11.8 Å². The number of amides is 2. The van der Waals surface area contributed by atoms with Crippen LogP contribution in [0.2, 0.25) is 0 Å². The van der Waals surface area contributed by atoms with Crippen LogP contribution in [0.15, 0.2) is 41.5 Å². The van der Waals surface area contributed by atoms with E-state index in [0.717, 1.165) is 12.0 Å². The van der Waals surface area contributed by atoms with Gasteiger partial charge in [0.15, 0.2) is 11.7 Å². The Morgan fingerprint density at radius 1 is 1.20 bits per heavy atom. The van der Waals surface area contributed by atoms with Gasteiger partial charge in [-0.15, -0.1) is 5.10 Å². The number of carbonyl (C=O) groups excluding carboxylic acids is 2. The van der Waals surface area contributed by atoms with Crippen molar-refractivity contribution in [1.29, 1.82) is 0 Å². The minimum absolute atomic E-state index is 0.00872. The fourth-order valence-electron chi connectivity index (χ4n) is 6.22. The lowest BCUT2D eigenvalue weighted by Crippen LogP contribution is -2.79. The zero-order chi connectivity index (χ0) is 29.2. The molecule has 1 aromatic heterocycles. The average molecular weight is 566 g/mol. The van der Waals surface area contributed by atoms with Gasteiger partial charge >= 0.3 is 5.96 Å². The van der Waals surface area contributed by atoms with Gasteiger partial charge in [-0.3, -0.25) is 20.6 Å². The molecule has 4 aliphatic heterocycles. The van der Waals surface area contributed by atoms with Gasteiger partial charge in [0.05, 0.1) is 25.3 Å². The summed E-state index contributed by atoms with van der Waals surface area (Å²) >= 11 is 0. The Hall–Kier alpha value is -4.50. The van der Waals surface area contributed by atoms with Crippen molar-refractivity contribution in [3.8, 4) is 5.75 Å². The lowest BCUT2D eigenvalue weighted by molar-refractivity contribution is -0.623. The first-order valence-corrected chi connectivity index (χ1v) is 13.3. The summed E-state index contributed by atoms with van der Waals surface area (Å²) in [7, 11) is 0. The van der Waals surface area contributed by atoms with E-state index in [9.17, 15) is 19.8 Å². The maximum absolute atomic E-state index is 13.6. The topological polar surface area (TPSA) is 225 Å². The van der Waals surface area contributed by atoms with Crippen LogP contribution in [0, 0.1) is 0 Å². The number of aromatic nitrogens is 2. The number of hydrogen-bond acceptors (Lipinski definition) is 12. The van der Waals surface area contributed by atoms with Crippen molar-refractivity contribution in [1.82, 2.24) is 31.5 Å². The molecule has 0 radical (unpaired) electrons. The molecule has 1 fully saturated rings. The van der Waals surface area contributed by atoms with Crippen LogP contribution in [0.25, 0.3) is 0 Å². The number of nitrogens with zero attached hydrogens (tertiary/aromatic N) is 4. The number of benzene rings is 1. The number of nitrogens with two attached hydrogens (primary N) is 2. The normalized spacial score (nSPS) is 28.6. The van der Waals surface area contributed by atoms with Crippen LogP contribution in [0.1, 0.15) is 46.7 Å². The number of para-hydroxylation sites is 1. The number of rotatable bonds is 5. The molecule has 1 spiro atoms. The van der Waals surface area contributed by atoms with Gasteiger partial charge < -0.3 is 36.6 Å². The molecule has 4 aliphatic rings. The van der Waals surface area contributed by atoms with E-state index in [0.29, 0.717) is 17.9 Å². The summed E-state index contributed by atoms with van der Waals surface area (Å²) in [4.78, 5) is 30.6. The minimum atomic E-state index is -2.60. The third-order valence-corrected chi connectivity index (χ3v) is 8.42. The number of aliphatic hydroxyl groups is 2. The van der Waals surface area contributed by atoms with Gasteiger partial charge in [-0.1, -0.05) is 26.0 Å². The maximum Gasteiger partial charge on any atom is 0.346 e. The second-order valence-corrected chi connectivity index (χ2v) is 11.3. The molecule has 0 saturated carbocycles. The van der Waals surface area contributed by atoms with Crippen molar-refractivity contribution in [2.45, 2.75) is 55.3 Å². The second-order valence-electron chi connectivity index (χ2n) is 11.3. The number of hydrogen-bond donors (Lipinski definition) is 8. The highest BCUT2D eigenvalue weighted by atomic mass is 16.5. The molecule has 0 bridgehead atoms. The van der Waals surface area contributed by atoms with E-state index in [1.807, 2.05) is 6.07 Å². The summed E-state index contributed by atoms with van der Waals surface area (Å²) in [6.07, 6.45) is 2.26. The van der Waals surface area contributed by atoms with Gasteiger partial charge in [0.2, 0.25) is 11.4 Å². The SMILES string of the molecule is CC1(C)CCOc2c(C(=O)NC3C[N+]4=C(N)N[C@@H](CNC(=O)c5cccnn5)[C@@H]5N=C(N)N[C@@]54C3(O)O)cccc21. The number of aliphatic imine (C=N–C) groups is 1. The summed E-state index contributed by atoms with van der Waals surface area (Å²) < 4.78 is 7.39. The van der Waals surface area contributed by atoms with E-state index in [1.165, 1.54) is 16.8 Å². The van der Waals surface area contributed by atoms with E-state index in [-0.39, 0.29) is 36.1 Å². The largest absolute Gasteiger partial charge is 0.492 e. The Labute approximate surface area is 235 Å². The van der Waals surface area contributed by atoms with E-state index in [2.05, 4.69) is 50.3 Å².